The largest absolute Gasteiger partial charge is 0.393 e. The second kappa shape index (κ2) is 13.6. The Labute approximate surface area is 275 Å². The van der Waals surface area contributed by atoms with E-state index in [1.54, 1.807) is 0 Å². The van der Waals surface area contributed by atoms with E-state index in [1.807, 2.05) is 13.0 Å². The van der Waals surface area contributed by atoms with Gasteiger partial charge in [-0.2, -0.15) is 0 Å². The Balaban J connectivity index is 1.36. The zero-order chi connectivity index (χ0) is 33.9. The van der Waals surface area contributed by atoms with Crippen LogP contribution in [-0.4, -0.2) is 110 Å². The molecule has 1 saturated heterocycles. The molecule has 4 aliphatic carbocycles. The van der Waals surface area contributed by atoms with Crippen LogP contribution in [0.2, 0.25) is 0 Å². The number of rotatable bonds is 10. The Morgan fingerprint density at radius 1 is 0.957 bits per heavy atom. The van der Waals surface area contributed by atoms with Crippen molar-refractivity contribution in [3.05, 3.63) is 11.6 Å². The quantitative estimate of drug-likeness (QED) is 0.174. The van der Waals surface area contributed by atoms with Crippen LogP contribution >= 0.6 is 0 Å². The summed E-state index contributed by atoms with van der Waals surface area (Å²) in [6, 6.07) is 0. The number of ether oxygens (including phenoxy) is 3. The maximum absolute atomic E-state index is 12.7. The molecule has 7 N–H and O–H groups in total. The van der Waals surface area contributed by atoms with E-state index in [-0.39, 0.29) is 36.9 Å². The van der Waals surface area contributed by atoms with Crippen molar-refractivity contribution in [2.45, 2.75) is 154 Å². The van der Waals surface area contributed by atoms with E-state index in [0.29, 0.717) is 24.7 Å². The molecule has 46 heavy (non-hydrogen) atoms. The average molecular weight is 655 g/mol. The van der Waals surface area contributed by atoms with Gasteiger partial charge < -0.3 is 50.0 Å². The van der Waals surface area contributed by atoms with Crippen LogP contribution in [0.5, 0.6) is 0 Å². The van der Waals surface area contributed by atoms with Gasteiger partial charge in [0.2, 0.25) is 0 Å². The lowest BCUT2D eigenvalue weighted by Crippen LogP contribution is -2.66. The highest BCUT2D eigenvalue weighted by molar-refractivity contribution is 5.33. The first-order valence-electron chi connectivity index (χ1n) is 17.8. The van der Waals surface area contributed by atoms with E-state index in [9.17, 15) is 35.7 Å². The minimum atomic E-state index is -1.36. The molecule has 3 saturated carbocycles. The molecule has 0 spiro atoms. The Kier molecular flexibility index (Phi) is 10.8. The summed E-state index contributed by atoms with van der Waals surface area (Å²) in [6.45, 7) is 12.5. The highest BCUT2D eigenvalue weighted by Crippen LogP contribution is 2.69. The van der Waals surface area contributed by atoms with Gasteiger partial charge >= 0.3 is 0 Å². The van der Waals surface area contributed by atoms with Gasteiger partial charge in [-0.1, -0.05) is 47.1 Å². The van der Waals surface area contributed by atoms with Gasteiger partial charge in [0.25, 0.3) is 0 Å². The third-order valence-corrected chi connectivity index (χ3v) is 13.5. The third kappa shape index (κ3) is 6.16. The molecular weight excluding hydrogens is 592 g/mol. The van der Waals surface area contributed by atoms with Crippen molar-refractivity contribution < 1.29 is 50.0 Å². The molecule has 17 unspecified atom stereocenters. The van der Waals surface area contributed by atoms with E-state index in [1.165, 1.54) is 7.11 Å². The second-order valence-corrected chi connectivity index (χ2v) is 16.6. The monoisotopic (exact) mass is 654 g/mol. The van der Waals surface area contributed by atoms with Crippen molar-refractivity contribution in [2.24, 2.45) is 46.3 Å². The summed E-state index contributed by atoms with van der Waals surface area (Å²) < 4.78 is 17.3. The lowest BCUT2D eigenvalue weighted by molar-refractivity contribution is -0.285. The Hall–Kier alpha value is -0.660. The van der Waals surface area contributed by atoms with Gasteiger partial charge in [-0.25, -0.2) is 0 Å². The molecule has 17 atom stereocenters. The molecule has 0 bridgehead atoms. The Morgan fingerprint density at radius 2 is 1.65 bits per heavy atom. The van der Waals surface area contributed by atoms with Crippen LogP contribution in [-0.2, 0) is 14.2 Å². The normalized spacial score (nSPS) is 49.5. The first-order valence-corrected chi connectivity index (χ1v) is 17.8. The first kappa shape index (κ1) is 36.6. The molecule has 0 aromatic carbocycles. The van der Waals surface area contributed by atoms with Crippen molar-refractivity contribution in [1.29, 1.82) is 0 Å². The van der Waals surface area contributed by atoms with Crippen molar-refractivity contribution in [3.63, 3.8) is 0 Å². The van der Waals surface area contributed by atoms with Crippen LogP contribution in [0.25, 0.3) is 0 Å². The maximum Gasteiger partial charge on any atom is 0.187 e. The highest BCUT2D eigenvalue weighted by atomic mass is 16.7. The van der Waals surface area contributed by atoms with Gasteiger partial charge in [-0.3, -0.25) is 0 Å². The summed E-state index contributed by atoms with van der Waals surface area (Å²) in [4.78, 5) is 0. The fraction of sp³-hybridized carbons (Fsp3) is 0.944. The highest BCUT2D eigenvalue weighted by Gasteiger charge is 2.72. The van der Waals surface area contributed by atoms with Gasteiger partial charge in [-0.15, -0.1) is 0 Å². The van der Waals surface area contributed by atoms with Crippen LogP contribution in [0.15, 0.2) is 11.6 Å². The smallest absolute Gasteiger partial charge is 0.187 e. The predicted molar refractivity (Wildman–Crippen MR) is 171 cm³/mol. The molecule has 1 aliphatic heterocycles. The van der Waals surface area contributed by atoms with E-state index < -0.39 is 71.4 Å². The van der Waals surface area contributed by atoms with E-state index >= 15 is 0 Å². The number of hydrogen-bond donors (Lipinski definition) is 7. The summed E-state index contributed by atoms with van der Waals surface area (Å²) in [5, 5.41) is 78.2. The van der Waals surface area contributed by atoms with Crippen molar-refractivity contribution in [1.82, 2.24) is 0 Å². The van der Waals surface area contributed by atoms with Crippen LogP contribution in [0.1, 0.15) is 92.9 Å². The standard InChI is InChI=1S/C36H62O10/c1-18(2)21(14-20(4)37)9-8-19(3)27-29(41)30(42)32-35(27,6)13-11-26-34(5)12-10-22(15-23(34)24(38)16-36(26,32)43)46-33-31(44-7)28(40)25(39)17-45-33/h15,18-22,24-33,37-43H,8-14,16-17H2,1-7H3. The van der Waals surface area contributed by atoms with Crippen molar-refractivity contribution in [3.8, 4) is 0 Å². The van der Waals surface area contributed by atoms with Gasteiger partial charge in [-0.05, 0) is 91.4 Å². The molecule has 0 aromatic rings. The van der Waals surface area contributed by atoms with Crippen LogP contribution in [0, 0.1) is 46.3 Å². The zero-order valence-corrected chi connectivity index (χ0v) is 29.0. The SMILES string of the molecule is COC1C(OC2C=C3C(O)CC4(O)C(CCC5(C)C(C(C)CCC(CC(C)O)C(C)C)C(O)C(O)C54)C3(C)CC2)OCC(O)C1O. The molecule has 1 heterocycles. The van der Waals surface area contributed by atoms with Crippen LogP contribution < -0.4 is 0 Å². The van der Waals surface area contributed by atoms with Crippen LogP contribution in [0.4, 0.5) is 0 Å². The molecule has 10 nitrogen and oxygen atoms in total. The number of fused-ring (bicyclic) bond motifs is 5. The molecule has 0 amide bonds. The van der Waals surface area contributed by atoms with E-state index in [4.69, 9.17) is 14.2 Å². The molecule has 0 aromatic heterocycles. The predicted octanol–water partition coefficient (Wildman–Crippen LogP) is 2.53. The molecule has 4 fully saturated rings. The Morgan fingerprint density at radius 3 is 2.28 bits per heavy atom. The molecule has 5 aliphatic rings. The first-order chi connectivity index (χ1) is 21.5. The summed E-state index contributed by atoms with van der Waals surface area (Å²) >= 11 is 0. The van der Waals surface area contributed by atoms with Crippen molar-refractivity contribution in [2.75, 3.05) is 13.7 Å². The van der Waals surface area contributed by atoms with Gasteiger partial charge in [0.05, 0.1) is 42.7 Å². The molecule has 5 rings (SSSR count). The van der Waals surface area contributed by atoms with Gasteiger partial charge in [0, 0.05) is 19.4 Å². The number of aliphatic hydroxyl groups is 7. The van der Waals surface area contributed by atoms with Gasteiger partial charge in [0.1, 0.15) is 18.3 Å². The molecule has 0 radical (unpaired) electrons. The molecular formula is C36H62O10. The second-order valence-electron chi connectivity index (χ2n) is 16.6. The summed E-state index contributed by atoms with van der Waals surface area (Å²) in [5.41, 5.74) is -1.57. The number of aliphatic hydroxyl groups excluding tert-OH is 6. The minimum absolute atomic E-state index is 0.0709. The number of methoxy groups -OCH3 is 1. The zero-order valence-electron chi connectivity index (χ0n) is 29.0. The lowest BCUT2D eigenvalue weighted by atomic mass is 9.43. The average Bonchev–Trinajstić information content (AvgIpc) is 3.18. The third-order valence-electron chi connectivity index (χ3n) is 13.5. The van der Waals surface area contributed by atoms with Gasteiger partial charge in [0.15, 0.2) is 6.29 Å². The summed E-state index contributed by atoms with van der Waals surface area (Å²) in [5.74, 6) is -0.0681. The molecule has 266 valence electrons. The van der Waals surface area contributed by atoms with E-state index in [2.05, 4.69) is 34.6 Å². The van der Waals surface area contributed by atoms with Crippen molar-refractivity contribution >= 4 is 0 Å². The maximum atomic E-state index is 12.7. The lowest BCUT2D eigenvalue weighted by Gasteiger charge is -2.64. The minimum Gasteiger partial charge on any atom is -0.393 e. The fourth-order valence-electron chi connectivity index (χ4n) is 11.2. The Bertz CT molecular complexity index is 1080. The number of hydrogen-bond acceptors (Lipinski definition) is 10. The molecule has 10 heteroatoms. The van der Waals surface area contributed by atoms with E-state index in [0.717, 1.165) is 37.7 Å². The fourth-order valence-corrected chi connectivity index (χ4v) is 11.2. The summed E-state index contributed by atoms with van der Waals surface area (Å²) in [7, 11) is 1.43. The van der Waals surface area contributed by atoms with Crippen LogP contribution in [0.3, 0.4) is 0 Å². The summed E-state index contributed by atoms with van der Waals surface area (Å²) in [6.07, 6.45) is -0.432. The topological polar surface area (TPSA) is 169 Å².